The van der Waals surface area contributed by atoms with Crippen molar-refractivity contribution in [2.75, 3.05) is 11.1 Å². The summed E-state index contributed by atoms with van der Waals surface area (Å²) in [6, 6.07) is 13.1. The highest BCUT2D eigenvalue weighted by molar-refractivity contribution is 7.99. The third kappa shape index (κ3) is 3.59. The fraction of sp³-hybridized carbons (Fsp3) is 0.235. The predicted octanol–water partition coefficient (Wildman–Crippen LogP) is 4.66. The molecule has 0 amide bonds. The van der Waals surface area contributed by atoms with Crippen molar-refractivity contribution >= 4 is 34.8 Å². The second-order valence-corrected chi connectivity index (χ2v) is 6.88. The Kier molecular flexibility index (Phi) is 4.64. The maximum absolute atomic E-state index is 13.5. The number of aryl methyl sites for hydroxylation is 1. The molecule has 0 aromatic heterocycles. The fourth-order valence-corrected chi connectivity index (χ4v) is 3.84. The van der Waals surface area contributed by atoms with Crippen molar-refractivity contribution in [1.29, 1.82) is 0 Å². The minimum atomic E-state index is -0.203. The highest BCUT2D eigenvalue weighted by atomic mass is 32.2. The molecule has 0 radical (unpaired) electrons. The average molecular weight is 332 g/mol. The Morgan fingerprint density at radius 1 is 1.23 bits per heavy atom. The van der Waals surface area contributed by atoms with Crippen LogP contribution in [0.5, 0.6) is 0 Å². The van der Waals surface area contributed by atoms with Crippen LogP contribution in [0.15, 0.2) is 47.4 Å². The maximum atomic E-state index is 13.5. The highest BCUT2D eigenvalue weighted by Gasteiger charge is 2.21. The van der Waals surface area contributed by atoms with Gasteiger partial charge in [-0.2, -0.15) is 0 Å². The Morgan fingerprint density at radius 2 is 2.00 bits per heavy atom. The molecule has 2 N–H and O–H groups in total. The molecule has 3 rings (SSSR count). The minimum Gasteiger partial charge on any atom is -0.356 e. The molecule has 1 atom stereocenters. The van der Waals surface area contributed by atoms with Gasteiger partial charge in [0.15, 0.2) is 5.11 Å². The van der Waals surface area contributed by atoms with Gasteiger partial charge in [-0.15, -0.1) is 11.8 Å². The van der Waals surface area contributed by atoms with Crippen LogP contribution in [-0.4, -0.2) is 10.9 Å². The van der Waals surface area contributed by atoms with Crippen molar-refractivity contribution in [2.24, 2.45) is 0 Å². The zero-order valence-electron chi connectivity index (χ0n) is 12.2. The first-order chi connectivity index (χ1) is 10.6. The van der Waals surface area contributed by atoms with Crippen molar-refractivity contribution in [1.82, 2.24) is 5.32 Å². The zero-order valence-corrected chi connectivity index (χ0v) is 13.9. The van der Waals surface area contributed by atoms with Crippen molar-refractivity contribution in [2.45, 2.75) is 24.3 Å². The second-order valence-electron chi connectivity index (χ2n) is 5.34. The van der Waals surface area contributed by atoms with E-state index < -0.39 is 0 Å². The molecular formula is C17H17FN2S2. The smallest absolute Gasteiger partial charge is 0.171 e. The van der Waals surface area contributed by atoms with Gasteiger partial charge in [0.2, 0.25) is 0 Å². The van der Waals surface area contributed by atoms with Crippen LogP contribution in [0.25, 0.3) is 0 Å². The quantitative estimate of drug-likeness (QED) is 0.781. The Morgan fingerprint density at radius 3 is 2.77 bits per heavy atom. The molecular weight excluding hydrogens is 315 g/mol. The summed E-state index contributed by atoms with van der Waals surface area (Å²) in [5.74, 6) is 0.800. The summed E-state index contributed by atoms with van der Waals surface area (Å²) in [5.41, 5.74) is 3.15. The lowest BCUT2D eigenvalue weighted by Crippen LogP contribution is -2.34. The molecule has 22 heavy (non-hydrogen) atoms. The Balaban J connectivity index is 1.70. The van der Waals surface area contributed by atoms with Crippen LogP contribution < -0.4 is 10.6 Å². The summed E-state index contributed by atoms with van der Waals surface area (Å²) in [6.07, 6.45) is 0.927. The first kappa shape index (κ1) is 15.3. The van der Waals surface area contributed by atoms with Gasteiger partial charge in [-0.25, -0.2) is 4.39 Å². The zero-order chi connectivity index (χ0) is 15.5. The third-order valence-corrected chi connectivity index (χ3v) is 4.97. The largest absolute Gasteiger partial charge is 0.356 e. The standard InChI is InChI=1S/C17H17FN2S2/c1-11-2-5-13(6-3-11)19-17(21)20-15-8-9-22-16-7-4-12(18)10-14(15)16/h2-7,10,15H,8-9H2,1H3,(H2,19,20,21)/t15-/m0/s1. The summed E-state index contributed by atoms with van der Waals surface area (Å²) in [4.78, 5) is 1.13. The van der Waals surface area contributed by atoms with Crippen molar-refractivity contribution in [3.8, 4) is 0 Å². The van der Waals surface area contributed by atoms with Crippen LogP contribution in [0, 0.1) is 12.7 Å². The maximum Gasteiger partial charge on any atom is 0.171 e. The number of hydrogen-bond acceptors (Lipinski definition) is 2. The number of rotatable bonds is 2. The number of benzene rings is 2. The van der Waals surface area contributed by atoms with E-state index >= 15 is 0 Å². The number of fused-ring (bicyclic) bond motifs is 1. The molecule has 114 valence electrons. The molecule has 1 aliphatic rings. The lowest BCUT2D eigenvalue weighted by atomic mass is 10.0. The van der Waals surface area contributed by atoms with E-state index in [2.05, 4.69) is 10.6 Å². The molecule has 2 aromatic rings. The van der Waals surface area contributed by atoms with Gasteiger partial charge in [0, 0.05) is 16.3 Å². The average Bonchev–Trinajstić information content (AvgIpc) is 2.50. The van der Waals surface area contributed by atoms with Crippen LogP contribution in [0.1, 0.15) is 23.6 Å². The first-order valence-electron chi connectivity index (χ1n) is 7.18. The van der Waals surface area contributed by atoms with Crippen LogP contribution in [-0.2, 0) is 0 Å². The molecule has 0 aliphatic carbocycles. The molecule has 0 saturated carbocycles. The van der Waals surface area contributed by atoms with Crippen LogP contribution >= 0.6 is 24.0 Å². The lowest BCUT2D eigenvalue weighted by Gasteiger charge is -2.27. The molecule has 2 nitrogen and oxygen atoms in total. The fourth-order valence-electron chi connectivity index (χ4n) is 2.48. The van der Waals surface area contributed by atoms with Gasteiger partial charge >= 0.3 is 0 Å². The van der Waals surface area contributed by atoms with E-state index in [1.807, 2.05) is 37.3 Å². The van der Waals surface area contributed by atoms with Crippen molar-refractivity contribution in [3.63, 3.8) is 0 Å². The third-order valence-electron chi connectivity index (χ3n) is 3.63. The number of anilines is 1. The van der Waals surface area contributed by atoms with E-state index in [-0.39, 0.29) is 11.9 Å². The number of thioether (sulfide) groups is 1. The van der Waals surface area contributed by atoms with Gasteiger partial charge in [-0.3, -0.25) is 0 Å². The SMILES string of the molecule is Cc1ccc(NC(=S)N[C@H]2CCSc3ccc(F)cc32)cc1. The predicted molar refractivity (Wildman–Crippen MR) is 95.0 cm³/mol. The van der Waals surface area contributed by atoms with Crippen molar-refractivity contribution in [3.05, 3.63) is 59.4 Å². The molecule has 0 bridgehead atoms. The van der Waals surface area contributed by atoms with E-state index in [1.54, 1.807) is 17.8 Å². The van der Waals surface area contributed by atoms with E-state index in [0.717, 1.165) is 28.3 Å². The molecule has 0 unspecified atom stereocenters. The van der Waals surface area contributed by atoms with Gasteiger partial charge < -0.3 is 10.6 Å². The molecule has 0 saturated heterocycles. The summed E-state index contributed by atoms with van der Waals surface area (Å²) in [7, 11) is 0. The van der Waals surface area contributed by atoms with Gasteiger partial charge in [-0.05, 0) is 61.5 Å². The van der Waals surface area contributed by atoms with E-state index in [1.165, 1.54) is 11.6 Å². The molecule has 2 aromatic carbocycles. The van der Waals surface area contributed by atoms with Crippen LogP contribution in [0.4, 0.5) is 10.1 Å². The van der Waals surface area contributed by atoms with E-state index in [9.17, 15) is 4.39 Å². The van der Waals surface area contributed by atoms with Gasteiger partial charge in [0.05, 0.1) is 6.04 Å². The molecule has 1 heterocycles. The lowest BCUT2D eigenvalue weighted by molar-refractivity contribution is 0.587. The molecule has 1 aliphatic heterocycles. The topological polar surface area (TPSA) is 24.1 Å². The monoisotopic (exact) mass is 332 g/mol. The molecule has 0 fully saturated rings. The van der Waals surface area contributed by atoms with Gasteiger partial charge in [0.25, 0.3) is 0 Å². The first-order valence-corrected chi connectivity index (χ1v) is 8.57. The highest BCUT2D eigenvalue weighted by Crippen LogP contribution is 2.36. The number of nitrogens with one attached hydrogen (secondary N) is 2. The normalized spacial score (nSPS) is 16.7. The minimum absolute atomic E-state index is 0.0531. The second kappa shape index (κ2) is 6.67. The van der Waals surface area contributed by atoms with Crippen molar-refractivity contribution < 1.29 is 4.39 Å². The molecule has 0 spiro atoms. The summed E-state index contributed by atoms with van der Waals surface area (Å²) < 4.78 is 13.5. The van der Waals surface area contributed by atoms with Crippen LogP contribution in [0.3, 0.4) is 0 Å². The van der Waals surface area contributed by atoms with Crippen LogP contribution in [0.2, 0.25) is 0 Å². The van der Waals surface area contributed by atoms with Gasteiger partial charge in [-0.1, -0.05) is 17.7 Å². The Labute approximate surface area is 139 Å². The van der Waals surface area contributed by atoms with Gasteiger partial charge in [0.1, 0.15) is 5.82 Å². The Bertz CT molecular complexity index is 686. The molecule has 5 heteroatoms. The number of halogens is 1. The van der Waals surface area contributed by atoms with E-state index in [4.69, 9.17) is 12.2 Å². The summed E-state index contributed by atoms with van der Waals surface area (Å²) in [6.45, 7) is 2.05. The number of thiocarbonyl (C=S) groups is 1. The Hall–Kier alpha value is -1.59. The van der Waals surface area contributed by atoms with E-state index in [0.29, 0.717) is 5.11 Å². The number of hydrogen-bond donors (Lipinski definition) is 2. The summed E-state index contributed by atoms with van der Waals surface area (Å²) >= 11 is 7.15. The summed E-state index contributed by atoms with van der Waals surface area (Å²) in [5, 5.41) is 7.05.